The van der Waals surface area contributed by atoms with Crippen molar-refractivity contribution < 1.29 is 14.7 Å². The van der Waals surface area contributed by atoms with E-state index < -0.39 is 5.97 Å². The SMILES string of the molecule is CC(C)CCN(Cc1ccccc1)C(=O)NCC(=O)O. The predicted molar refractivity (Wildman–Crippen MR) is 77.3 cm³/mol. The van der Waals surface area contributed by atoms with Crippen LogP contribution in [0.15, 0.2) is 30.3 Å². The van der Waals surface area contributed by atoms with Crippen LogP contribution in [-0.4, -0.2) is 35.1 Å². The van der Waals surface area contributed by atoms with Gasteiger partial charge in [-0.2, -0.15) is 0 Å². The van der Waals surface area contributed by atoms with Gasteiger partial charge in [-0.15, -0.1) is 0 Å². The summed E-state index contributed by atoms with van der Waals surface area (Å²) in [6, 6.07) is 9.33. The highest BCUT2D eigenvalue weighted by Crippen LogP contribution is 2.08. The average molecular weight is 278 g/mol. The Morgan fingerprint density at radius 2 is 1.90 bits per heavy atom. The first kappa shape index (κ1) is 16.0. The lowest BCUT2D eigenvalue weighted by molar-refractivity contribution is -0.135. The number of hydrogen-bond donors (Lipinski definition) is 2. The van der Waals surface area contributed by atoms with Gasteiger partial charge in [0.15, 0.2) is 0 Å². The summed E-state index contributed by atoms with van der Waals surface area (Å²) >= 11 is 0. The maximum absolute atomic E-state index is 12.0. The highest BCUT2D eigenvalue weighted by molar-refractivity contribution is 5.79. The minimum atomic E-state index is -1.04. The molecule has 110 valence electrons. The van der Waals surface area contributed by atoms with E-state index >= 15 is 0 Å². The fraction of sp³-hybridized carbons (Fsp3) is 0.467. The second-order valence-electron chi connectivity index (χ2n) is 5.14. The lowest BCUT2D eigenvalue weighted by Gasteiger charge is -2.23. The molecular weight excluding hydrogens is 256 g/mol. The summed E-state index contributed by atoms with van der Waals surface area (Å²) in [5, 5.41) is 11.0. The molecule has 0 unspecified atom stereocenters. The van der Waals surface area contributed by atoms with Gasteiger partial charge >= 0.3 is 12.0 Å². The van der Waals surface area contributed by atoms with Crippen LogP contribution in [0.4, 0.5) is 4.79 Å². The van der Waals surface area contributed by atoms with Crippen molar-refractivity contribution in [2.24, 2.45) is 5.92 Å². The third-order valence-corrected chi connectivity index (χ3v) is 2.87. The molecule has 0 aliphatic rings. The van der Waals surface area contributed by atoms with Gasteiger partial charge in [-0.05, 0) is 17.9 Å². The zero-order valence-electron chi connectivity index (χ0n) is 12.0. The van der Waals surface area contributed by atoms with Gasteiger partial charge in [-0.1, -0.05) is 44.2 Å². The summed E-state index contributed by atoms with van der Waals surface area (Å²) in [5.74, 6) is -0.553. The number of hydrogen-bond acceptors (Lipinski definition) is 2. The van der Waals surface area contributed by atoms with Crippen molar-refractivity contribution in [3.63, 3.8) is 0 Å². The molecule has 5 heteroatoms. The largest absolute Gasteiger partial charge is 0.480 e. The topological polar surface area (TPSA) is 69.6 Å². The van der Waals surface area contributed by atoms with Gasteiger partial charge in [0.2, 0.25) is 0 Å². The summed E-state index contributed by atoms with van der Waals surface area (Å²) < 4.78 is 0. The van der Waals surface area contributed by atoms with Gasteiger partial charge in [0.05, 0.1) is 0 Å². The molecule has 2 amide bonds. The number of nitrogens with one attached hydrogen (secondary N) is 1. The van der Waals surface area contributed by atoms with Crippen LogP contribution in [0.5, 0.6) is 0 Å². The predicted octanol–water partition coefficient (Wildman–Crippen LogP) is 2.33. The van der Waals surface area contributed by atoms with Gasteiger partial charge in [0.25, 0.3) is 0 Å². The summed E-state index contributed by atoms with van der Waals surface area (Å²) in [7, 11) is 0. The van der Waals surface area contributed by atoms with Gasteiger partial charge < -0.3 is 15.3 Å². The first-order chi connectivity index (χ1) is 9.49. The highest BCUT2D eigenvalue weighted by Gasteiger charge is 2.14. The number of carbonyl (C=O) groups is 2. The van der Waals surface area contributed by atoms with Crippen molar-refractivity contribution in [2.75, 3.05) is 13.1 Å². The summed E-state index contributed by atoms with van der Waals surface area (Å²) in [6.07, 6.45) is 0.882. The van der Waals surface area contributed by atoms with E-state index in [-0.39, 0.29) is 12.6 Å². The van der Waals surface area contributed by atoms with Gasteiger partial charge in [-0.3, -0.25) is 4.79 Å². The van der Waals surface area contributed by atoms with Crippen LogP contribution < -0.4 is 5.32 Å². The fourth-order valence-corrected chi connectivity index (χ4v) is 1.73. The molecule has 0 saturated heterocycles. The van der Waals surface area contributed by atoms with Crippen molar-refractivity contribution in [1.82, 2.24) is 10.2 Å². The molecule has 0 fully saturated rings. The molecule has 0 radical (unpaired) electrons. The maximum Gasteiger partial charge on any atom is 0.323 e. The number of aliphatic carboxylic acids is 1. The smallest absolute Gasteiger partial charge is 0.323 e. The van der Waals surface area contributed by atoms with Crippen LogP contribution in [0, 0.1) is 5.92 Å². The van der Waals surface area contributed by atoms with Crippen molar-refractivity contribution in [3.05, 3.63) is 35.9 Å². The molecule has 5 nitrogen and oxygen atoms in total. The third-order valence-electron chi connectivity index (χ3n) is 2.87. The first-order valence-electron chi connectivity index (χ1n) is 6.77. The lowest BCUT2D eigenvalue weighted by Crippen LogP contribution is -2.42. The number of carboxylic acid groups (broad SMARTS) is 1. The minimum absolute atomic E-state index is 0.336. The number of urea groups is 1. The van der Waals surface area contributed by atoms with E-state index in [1.807, 2.05) is 30.3 Å². The van der Waals surface area contributed by atoms with Crippen molar-refractivity contribution in [3.8, 4) is 0 Å². The number of carbonyl (C=O) groups excluding carboxylic acids is 1. The molecule has 0 saturated carbocycles. The summed E-state index contributed by atoms with van der Waals surface area (Å²) in [6.45, 7) is 4.93. The van der Waals surface area contributed by atoms with Crippen LogP contribution in [-0.2, 0) is 11.3 Å². The number of nitrogens with zero attached hydrogens (tertiary/aromatic N) is 1. The number of rotatable bonds is 7. The van der Waals surface area contributed by atoms with Crippen molar-refractivity contribution in [1.29, 1.82) is 0 Å². The van der Waals surface area contributed by atoms with Crippen molar-refractivity contribution >= 4 is 12.0 Å². The molecule has 0 aliphatic heterocycles. The van der Waals surface area contributed by atoms with Crippen LogP contribution >= 0.6 is 0 Å². The van der Waals surface area contributed by atoms with Gasteiger partial charge in [0, 0.05) is 13.1 Å². The van der Waals surface area contributed by atoms with E-state index in [9.17, 15) is 9.59 Å². The second kappa shape index (κ2) is 8.19. The molecule has 0 spiro atoms. The van der Waals surface area contributed by atoms with Crippen molar-refractivity contribution in [2.45, 2.75) is 26.8 Å². The fourth-order valence-electron chi connectivity index (χ4n) is 1.73. The van der Waals surface area contributed by atoms with E-state index in [0.29, 0.717) is 19.0 Å². The van der Waals surface area contributed by atoms with E-state index in [2.05, 4.69) is 19.2 Å². The molecule has 1 rings (SSSR count). The maximum atomic E-state index is 12.0. The number of amides is 2. The number of benzene rings is 1. The Kier molecular flexibility index (Phi) is 6.56. The normalized spacial score (nSPS) is 10.3. The zero-order chi connectivity index (χ0) is 15.0. The molecule has 0 aliphatic carbocycles. The van der Waals surface area contributed by atoms with E-state index in [4.69, 9.17) is 5.11 Å². The Morgan fingerprint density at radius 3 is 2.45 bits per heavy atom. The molecule has 0 aromatic heterocycles. The molecule has 0 atom stereocenters. The van der Waals surface area contributed by atoms with Crippen LogP contribution in [0.25, 0.3) is 0 Å². The van der Waals surface area contributed by atoms with Crippen LogP contribution in [0.2, 0.25) is 0 Å². The molecule has 0 bridgehead atoms. The zero-order valence-corrected chi connectivity index (χ0v) is 12.0. The quantitative estimate of drug-likeness (QED) is 0.804. The van der Waals surface area contributed by atoms with Gasteiger partial charge in [-0.25, -0.2) is 4.79 Å². The monoisotopic (exact) mass is 278 g/mol. The number of carboxylic acids is 1. The Hall–Kier alpha value is -2.04. The Morgan fingerprint density at radius 1 is 1.25 bits per heavy atom. The van der Waals surface area contributed by atoms with E-state index in [1.165, 1.54) is 0 Å². The van der Waals surface area contributed by atoms with Crippen LogP contribution in [0.1, 0.15) is 25.8 Å². The third kappa shape index (κ3) is 6.22. The molecule has 0 heterocycles. The molecule has 20 heavy (non-hydrogen) atoms. The van der Waals surface area contributed by atoms with E-state index in [1.54, 1.807) is 4.90 Å². The molecule has 1 aromatic rings. The second-order valence-corrected chi connectivity index (χ2v) is 5.14. The average Bonchev–Trinajstić information content (AvgIpc) is 2.41. The Balaban J connectivity index is 2.63. The lowest BCUT2D eigenvalue weighted by atomic mass is 10.1. The molecule has 1 aromatic carbocycles. The molecular formula is C15H22N2O3. The van der Waals surface area contributed by atoms with E-state index in [0.717, 1.165) is 12.0 Å². The summed E-state index contributed by atoms with van der Waals surface area (Å²) in [5.41, 5.74) is 1.03. The first-order valence-corrected chi connectivity index (χ1v) is 6.77. The summed E-state index contributed by atoms with van der Waals surface area (Å²) in [4.78, 5) is 24.2. The highest BCUT2D eigenvalue weighted by atomic mass is 16.4. The molecule has 2 N–H and O–H groups in total. The standard InChI is InChI=1S/C15H22N2O3/c1-12(2)8-9-17(15(20)16-10-14(18)19)11-13-6-4-3-5-7-13/h3-7,12H,8-11H2,1-2H3,(H,16,20)(H,18,19). The van der Waals surface area contributed by atoms with Crippen LogP contribution in [0.3, 0.4) is 0 Å². The van der Waals surface area contributed by atoms with Gasteiger partial charge in [0.1, 0.15) is 6.54 Å². The minimum Gasteiger partial charge on any atom is -0.480 e. The Labute approximate surface area is 119 Å². The Bertz CT molecular complexity index is 432.